The van der Waals surface area contributed by atoms with E-state index < -0.39 is 45.1 Å². The van der Waals surface area contributed by atoms with Gasteiger partial charge in [0.25, 0.3) is 0 Å². The van der Waals surface area contributed by atoms with Crippen LogP contribution in [-0.2, 0) is 65.4 Å². The van der Waals surface area contributed by atoms with E-state index >= 15 is 0 Å². The number of esters is 2. The summed E-state index contributed by atoms with van der Waals surface area (Å²) in [6.45, 7) is 2.03. The summed E-state index contributed by atoms with van der Waals surface area (Å²) in [6, 6.07) is 37.3. The molecular formula is C42H44N2O10S2. The van der Waals surface area contributed by atoms with Gasteiger partial charge in [0.15, 0.2) is 0 Å². The molecule has 5 aromatic carbocycles. The Balaban J connectivity index is 1.39. The maximum Gasteiger partial charge on any atom is 0.321 e. The Kier molecular flexibility index (Phi) is 14.8. The molecule has 0 atom stereocenters. The van der Waals surface area contributed by atoms with Gasteiger partial charge in [0, 0.05) is 13.1 Å². The smallest absolute Gasteiger partial charge is 0.321 e. The van der Waals surface area contributed by atoms with Crippen LogP contribution in [0, 0.1) is 0 Å². The zero-order valence-corrected chi connectivity index (χ0v) is 32.8. The van der Waals surface area contributed by atoms with Crippen LogP contribution >= 0.6 is 0 Å². The molecule has 14 heteroatoms. The second-order valence-corrected chi connectivity index (χ2v) is 16.3. The van der Waals surface area contributed by atoms with Gasteiger partial charge in [-0.1, -0.05) is 84.9 Å². The van der Waals surface area contributed by atoms with Gasteiger partial charge in [0.05, 0.1) is 23.0 Å². The second kappa shape index (κ2) is 19.9. The number of rotatable bonds is 20. The molecule has 0 aliphatic carbocycles. The summed E-state index contributed by atoms with van der Waals surface area (Å²) in [6.07, 6.45) is 0. The Morgan fingerprint density at radius 2 is 0.821 bits per heavy atom. The SMILES string of the molecule is CCOC(=O)CN(Cc1ccccc1CN(CC(=O)OCC)S(=O)(=O)c1ccc(OCc2ccccc2)cc1)S(=O)(=O)c1ccc(OCc2ccccc2)cc1. The highest BCUT2D eigenvalue weighted by atomic mass is 32.2. The first-order valence-corrected chi connectivity index (χ1v) is 20.8. The summed E-state index contributed by atoms with van der Waals surface area (Å²) in [5.74, 6) is -0.627. The maximum atomic E-state index is 14.1. The molecule has 0 bridgehead atoms. The van der Waals surface area contributed by atoms with E-state index in [-0.39, 0.29) is 49.3 Å². The second-order valence-electron chi connectivity index (χ2n) is 12.4. The molecule has 5 aromatic rings. The van der Waals surface area contributed by atoms with Crippen molar-refractivity contribution >= 4 is 32.0 Å². The number of ether oxygens (including phenoxy) is 4. The molecule has 0 aliphatic heterocycles. The van der Waals surface area contributed by atoms with Gasteiger partial charge in [-0.25, -0.2) is 16.8 Å². The van der Waals surface area contributed by atoms with E-state index in [0.717, 1.165) is 19.7 Å². The summed E-state index contributed by atoms with van der Waals surface area (Å²) in [5.41, 5.74) is 2.69. The zero-order chi connectivity index (χ0) is 40.0. The lowest BCUT2D eigenvalue weighted by Crippen LogP contribution is -2.38. The summed E-state index contributed by atoms with van der Waals surface area (Å²) in [4.78, 5) is 25.4. The predicted molar refractivity (Wildman–Crippen MR) is 209 cm³/mol. The van der Waals surface area contributed by atoms with Crippen LogP contribution in [0.15, 0.2) is 143 Å². The Morgan fingerprint density at radius 1 is 0.482 bits per heavy atom. The number of sulfonamides is 2. The van der Waals surface area contributed by atoms with Crippen LogP contribution in [0.25, 0.3) is 0 Å². The summed E-state index contributed by atoms with van der Waals surface area (Å²) >= 11 is 0. The first-order chi connectivity index (χ1) is 27.0. The van der Waals surface area contributed by atoms with Crippen LogP contribution in [0.1, 0.15) is 36.1 Å². The minimum atomic E-state index is -4.31. The molecule has 0 unspecified atom stereocenters. The van der Waals surface area contributed by atoms with E-state index in [1.54, 1.807) is 38.1 Å². The van der Waals surface area contributed by atoms with Gasteiger partial charge in [-0.15, -0.1) is 0 Å². The lowest BCUT2D eigenvalue weighted by atomic mass is 10.1. The molecule has 0 aromatic heterocycles. The van der Waals surface area contributed by atoms with Crippen LogP contribution < -0.4 is 9.47 Å². The molecule has 0 aliphatic rings. The Hall–Kier alpha value is -5.54. The number of hydrogen-bond donors (Lipinski definition) is 0. The van der Waals surface area contributed by atoms with Crippen molar-refractivity contribution in [2.75, 3.05) is 26.3 Å². The molecule has 0 fully saturated rings. The predicted octanol–water partition coefficient (Wildman–Crippen LogP) is 6.35. The van der Waals surface area contributed by atoms with Gasteiger partial charge in [-0.2, -0.15) is 8.61 Å². The zero-order valence-electron chi connectivity index (χ0n) is 31.2. The third-order valence-corrected chi connectivity index (χ3v) is 12.1. The highest BCUT2D eigenvalue weighted by Crippen LogP contribution is 2.26. The van der Waals surface area contributed by atoms with Crippen LogP contribution in [0.4, 0.5) is 0 Å². The van der Waals surface area contributed by atoms with Crippen molar-refractivity contribution in [3.8, 4) is 11.5 Å². The standard InChI is InChI=1S/C42H44N2O10S2/c1-3-51-41(45)29-43(55(47,48)39-23-19-37(20-24-39)53-31-33-13-7-5-8-14-33)27-35-17-11-12-18-36(35)28-44(30-42(46)52-4-2)56(49,50)40-25-21-38(22-26-40)54-32-34-15-9-6-10-16-34/h5-26H,3-4,27-32H2,1-2H3. The third-order valence-electron chi connectivity index (χ3n) is 8.45. The number of hydrogen-bond acceptors (Lipinski definition) is 10. The fourth-order valence-corrected chi connectivity index (χ4v) is 8.32. The Morgan fingerprint density at radius 3 is 1.16 bits per heavy atom. The number of nitrogens with zero attached hydrogens (tertiary/aromatic N) is 2. The van der Waals surface area contributed by atoms with Crippen LogP contribution in [0.5, 0.6) is 11.5 Å². The van der Waals surface area contributed by atoms with Gasteiger partial charge in [0.2, 0.25) is 20.0 Å². The van der Waals surface area contributed by atoms with Gasteiger partial charge >= 0.3 is 11.9 Å². The van der Waals surface area contributed by atoms with E-state index in [2.05, 4.69) is 0 Å². The minimum Gasteiger partial charge on any atom is -0.489 e. The number of carbonyl (C=O) groups is 2. The maximum absolute atomic E-state index is 14.1. The van der Waals surface area contributed by atoms with Gasteiger partial charge in [0.1, 0.15) is 37.8 Å². The molecule has 0 amide bonds. The van der Waals surface area contributed by atoms with E-state index in [0.29, 0.717) is 22.6 Å². The number of carbonyl (C=O) groups excluding carboxylic acids is 2. The van der Waals surface area contributed by atoms with Crippen molar-refractivity contribution in [2.45, 2.75) is 49.9 Å². The molecule has 0 radical (unpaired) electrons. The Labute approximate surface area is 328 Å². The van der Waals surface area contributed by atoms with Crippen LogP contribution in [-0.4, -0.2) is 63.7 Å². The summed E-state index contributed by atoms with van der Waals surface area (Å²) in [5, 5.41) is 0. The van der Waals surface area contributed by atoms with E-state index in [9.17, 15) is 26.4 Å². The highest BCUT2D eigenvalue weighted by Gasteiger charge is 2.31. The number of benzene rings is 5. The molecule has 5 rings (SSSR count). The van der Waals surface area contributed by atoms with E-state index in [1.807, 2.05) is 60.7 Å². The fourth-order valence-electron chi connectivity index (χ4n) is 5.59. The van der Waals surface area contributed by atoms with E-state index in [1.165, 1.54) is 48.5 Å². The molecule has 0 saturated heterocycles. The van der Waals surface area contributed by atoms with Crippen molar-refractivity contribution in [3.63, 3.8) is 0 Å². The first-order valence-electron chi connectivity index (χ1n) is 17.9. The minimum absolute atomic E-state index is 0.0393. The first kappa shape index (κ1) is 41.6. The highest BCUT2D eigenvalue weighted by molar-refractivity contribution is 7.89. The van der Waals surface area contributed by atoms with Crippen molar-refractivity contribution in [3.05, 3.63) is 156 Å². The van der Waals surface area contributed by atoms with Crippen molar-refractivity contribution in [2.24, 2.45) is 0 Å². The van der Waals surface area contributed by atoms with Crippen LogP contribution in [0.3, 0.4) is 0 Å². The average molecular weight is 801 g/mol. The van der Waals surface area contributed by atoms with Gasteiger partial charge in [-0.3, -0.25) is 9.59 Å². The molecular weight excluding hydrogens is 757 g/mol. The van der Waals surface area contributed by atoms with Crippen molar-refractivity contribution in [1.82, 2.24) is 8.61 Å². The molecule has 0 N–H and O–H groups in total. The molecule has 0 spiro atoms. The third kappa shape index (κ3) is 11.5. The van der Waals surface area contributed by atoms with E-state index in [4.69, 9.17) is 18.9 Å². The normalized spacial score (nSPS) is 11.6. The lowest BCUT2D eigenvalue weighted by molar-refractivity contribution is -0.144. The summed E-state index contributed by atoms with van der Waals surface area (Å²) < 4.78 is 80.3. The Bertz CT molecular complexity index is 2090. The van der Waals surface area contributed by atoms with Gasteiger partial charge < -0.3 is 18.9 Å². The molecule has 0 saturated carbocycles. The monoisotopic (exact) mass is 800 g/mol. The summed E-state index contributed by atoms with van der Waals surface area (Å²) in [7, 11) is -8.61. The van der Waals surface area contributed by atoms with Gasteiger partial charge in [-0.05, 0) is 84.6 Å². The molecule has 294 valence electrons. The topological polar surface area (TPSA) is 146 Å². The largest absolute Gasteiger partial charge is 0.489 e. The molecule has 12 nitrogen and oxygen atoms in total. The van der Waals surface area contributed by atoms with Crippen LogP contribution in [0.2, 0.25) is 0 Å². The van der Waals surface area contributed by atoms with Crippen molar-refractivity contribution < 1.29 is 45.4 Å². The lowest BCUT2D eigenvalue weighted by Gasteiger charge is -2.25. The average Bonchev–Trinajstić information content (AvgIpc) is 3.20. The fraction of sp³-hybridized carbons (Fsp3) is 0.238. The molecule has 0 heterocycles. The molecule has 56 heavy (non-hydrogen) atoms. The quantitative estimate of drug-likeness (QED) is 0.0817. The van der Waals surface area contributed by atoms with Crippen molar-refractivity contribution in [1.29, 1.82) is 0 Å².